The number of pyridine rings is 1. The SMILES string of the molecule is N#Cc1ccc(Oc2ccc(NC(=O)NCc3cccnc3)cc2)cc1. The molecule has 0 saturated heterocycles. The number of aromatic nitrogens is 1. The van der Waals surface area contributed by atoms with Crippen molar-refractivity contribution in [1.82, 2.24) is 10.3 Å². The van der Waals surface area contributed by atoms with E-state index < -0.39 is 0 Å². The average Bonchev–Trinajstić information content (AvgIpc) is 2.69. The van der Waals surface area contributed by atoms with Crippen molar-refractivity contribution in [2.75, 3.05) is 5.32 Å². The molecule has 0 aliphatic heterocycles. The first-order valence-electron chi connectivity index (χ1n) is 7.95. The number of nitrogens with zero attached hydrogens (tertiary/aromatic N) is 2. The third-order valence-corrected chi connectivity index (χ3v) is 3.51. The fraction of sp³-hybridized carbons (Fsp3) is 0.0500. The quantitative estimate of drug-likeness (QED) is 0.730. The molecule has 128 valence electrons. The molecule has 0 aliphatic rings. The Hall–Kier alpha value is -3.85. The number of nitriles is 1. The average molecular weight is 344 g/mol. The fourth-order valence-electron chi connectivity index (χ4n) is 2.20. The van der Waals surface area contributed by atoms with Crippen LogP contribution in [0.25, 0.3) is 0 Å². The van der Waals surface area contributed by atoms with Crippen molar-refractivity contribution in [2.24, 2.45) is 0 Å². The van der Waals surface area contributed by atoms with E-state index in [0.29, 0.717) is 29.3 Å². The van der Waals surface area contributed by atoms with Crippen LogP contribution in [-0.2, 0) is 6.54 Å². The van der Waals surface area contributed by atoms with Crippen molar-refractivity contribution in [3.8, 4) is 17.6 Å². The summed E-state index contributed by atoms with van der Waals surface area (Å²) in [6, 6.07) is 19.3. The first-order valence-corrected chi connectivity index (χ1v) is 7.95. The molecule has 0 bridgehead atoms. The van der Waals surface area contributed by atoms with Gasteiger partial charge in [-0.15, -0.1) is 0 Å². The zero-order valence-corrected chi connectivity index (χ0v) is 13.8. The van der Waals surface area contributed by atoms with Gasteiger partial charge in [0.1, 0.15) is 11.5 Å². The Morgan fingerprint density at radius 1 is 1.04 bits per heavy atom. The number of urea groups is 1. The summed E-state index contributed by atoms with van der Waals surface area (Å²) in [6.45, 7) is 0.402. The number of nitrogens with one attached hydrogen (secondary N) is 2. The second-order valence-electron chi connectivity index (χ2n) is 5.43. The molecule has 0 aliphatic carbocycles. The first kappa shape index (κ1) is 17.0. The molecule has 6 nitrogen and oxygen atoms in total. The molecule has 1 heterocycles. The highest BCUT2D eigenvalue weighted by Gasteiger charge is 2.03. The van der Waals surface area contributed by atoms with Gasteiger partial charge in [-0.05, 0) is 60.2 Å². The number of anilines is 1. The molecule has 0 atom stereocenters. The molecular weight excluding hydrogens is 328 g/mol. The Balaban J connectivity index is 1.52. The molecule has 6 heteroatoms. The van der Waals surface area contributed by atoms with Crippen LogP contribution >= 0.6 is 0 Å². The molecule has 1 aromatic heterocycles. The summed E-state index contributed by atoms with van der Waals surface area (Å²) in [5.41, 5.74) is 2.16. The van der Waals surface area contributed by atoms with Gasteiger partial charge in [0.15, 0.2) is 0 Å². The maximum absolute atomic E-state index is 11.9. The maximum Gasteiger partial charge on any atom is 0.319 e. The van der Waals surface area contributed by atoms with Crippen LogP contribution in [0, 0.1) is 11.3 Å². The van der Waals surface area contributed by atoms with Gasteiger partial charge in [0.25, 0.3) is 0 Å². The molecule has 2 aromatic carbocycles. The number of rotatable bonds is 5. The van der Waals surface area contributed by atoms with Crippen molar-refractivity contribution < 1.29 is 9.53 Å². The lowest BCUT2D eigenvalue weighted by Gasteiger charge is -2.09. The normalized spacial score (nSPS) is 9.81. The number of carbonyl (C=O) groups is 1. The number of benzene rings is 2. The number of ether oxygens (including phenoxy) is 1. The van der Waals surface area contributed by atoms with Crippen molar-refractivity contribution in [3.05, 3.63) is 84.2 Å². The largest absolute Gasteiger partial charge is 0.457 e. The molecule has 0 fully saturated rings. The number of amides is 2. The van der Waals surface area contributed by atoms with E-state index in [1.165, 1.54) is 0 Å². The Kier molecular flexibility index (Phi) is 5.43. The summed E-state index contributed by atoms with van der Waals surface area (Å²) >= 11 is 0. The summed E-state index contributed by atoms with van der Waals surface area (Å²) in [6.07, 6.45) is 3.39. The number of carbonyl (C=O) groups excluding carboxylic acids is 1. The van der Waals surface area contributed by atoms with Crippen molar-refractivity contribution in [1.29, 1.82) is 5.26 Å². The van der Waals surface area contributed by atoms with Crippen molar-refractivity contribution >= 4 is 11.7 Å². The maximum atomic E-state index is 11.9. The number of hydrogen-bond acceptors (Lipinski definition) is 4. The van der Waals surface area contributed by atoms with Gasteiger partial charge in [-0.1, -0.05) is 6.07 Å². The van der Waals surface area contributed by atoms with Crippen LogP contribution in [0.2, 0.25) is 0 Å². The topological polar surface area (TPSA) is 87.0 Å². The van der Waals surface area contributed by atoms with E-state index in [9.17, 15) is 4.79 Å². The van der Waals surface area contributed by atoms with Gasteiger partial charge in [-0.25, -0.2) is 4.79 Å². The molecule has 3 rings (SSSR count). The Labute approximate surface area is 151 Å². The summed E-state index contributed by atoms with van der Waals surface area (Å²) in [7, 11) is 0. The van der Waals surface area contributed by atoms with Gasteiger partial charge in [0.05, 0.1) is 11.6 Å². The van der Waals surface area contributed by atoms with Gasteiger partial charge >= 0.3 is 6.03 Å². The first-order chi connectivity index (χ1) is 12.7. The Morgan fingerprint density at radius 2 is 1.73 bits per heavy atom. The molecular formula is C20H16N4O2. The van der Waals surface area contributed by atoms with Gasteiger partial charge in [0.2, 0.25) is 0 Å². The van der Waals surface area contributed by atoms with Gasteiger partial charge < -0.3 is 15.4 Å². The third kappa shape index (κ3) is 4.82. The van der Waals surface area contributed by atoms with E-state index in [0.717, 1.165) is 5.56 Å². The van der Waals surface area contributed by atoms with Crippen LogP contribution in [0.1, 0.15) is 11.1 Å². The van der Waals surface area contributed by atoms with Crippen LogP contribution in [0.3, 0.4) is 0 Å². The zero-order chi connectivity index (χ0) is 18.2. The zero-order valence-electron chi connectivity index (χ0n) is 13.8. The second kappa shape index (κ2) is 8.31. The van der Waals surface area contributed by atoms with Crippen LogP contribution in [-0.4, -0.2) is 11.0 Å². The third-order valence-electron chi connectivity index (χ3n) is 3.51. The molecule has 0 radical (unpaired) electrons. The minimum absolute atomic E-state index is 0.297. The van der Waals surface area contributed by atoms with E-state index in [2.05, 4.69) is 21.7 Å². The lowest BCUT2D eigenvalue weighted by atomic mass is 10.2. The Bertz CT molecular complexity index is 901. The fourth-order valence-corrected chi connectivity index (χ4v) is 2.20. The van der Waals surface area contributed by atoms with E-state index >= 15 is 0 Å². The number of hydrogen-bond donors (Lipinski definition) is 2. The smallest absolute Gasteiger partial charge is 0.319 e. The van der Waals surface area contributed by atoms with E-state index in [-0.39, 0.29) is 6.03 Å². The summed E-state index contributed by atoms with van der Waals surface area (Å²) < 4.78 is 5.70. The van der Waals surface area contributed by atoms with Gasteiger partial charge in [0, 0.05) is 24.6 Å². The highest BCUT2D eigenvalue weighted by molar-refractivity contribution is 5.89. The van der Waals surface area contributed by atoms with Crippen LogP contribution < -0.4 is 15.4 Å². The summed E-state index contributed by atoms with van der Waals surface area (Å²) in [5.74, 6) is 1.27. The molecule has 0 unspecified atom stereocenters. The lowest BCUT2D eigenvalue weighted by molar-refractivity contribution is 0.251. The van der Waals surface area contributed by atoms with Crippen molar-refractivity contribution in [2.45, 2.75) is 6.54 Å². The second-order valence-corrected chi connectivity index (χ2v) is 5.43. The highest BCUT2D eigenvalue weighted by Crippen LogP contribution is 2.23. The highest BCUT2D eigenvalue weighted by atomic mass is 16.5. The van der Waals surface area contributed by atoms with E-state index in [1.54, 1.807) is 60.9 Å². The minimum Gasteiger partial charge on any atom is -0.457 e. The van der Waals surface area contributed by atoms with Crippen LogP contribution in [0.15, 0.2) is 73.1 Å². The predicted molar refractivity (Wildman–Crippen MR) is 97.8 cm³/mol. The minimum atomic E-state index is -0.297. The van der Waals surface area contributed by atoms with Crippen LogP contribution in [0.4, 0.5) is 10.5 Å². The summed E-state index contributed by atoms with van der Waals surface area (Å²) in [4.78, 5) is 15.9. The molecule has 3 aromatic rings. The summed E-state index contributed by atoms with van der Waals surface area (Å²) in [5, 5.41) is 14.3. The van der Waals surface area contributed by atoms with Crippen LogP contribution in [0.5, 0.6) is 11.5 Å². The molecule has 0 spiro atoms. The van der Waals surface area contributed by atoms with Crippen molar-refractivity contribution in [3.63, 3.8) is 0 Å². The van der Waals surface area contributed by atoms with E-state index in [1.807, 2.05) is 12.1 Å². The van der Waals surface area contributed by atoms with Gasteiger partial charge in [-0.2, -0.15) is 5.26 Å². The lowest BCUT2D eigenvalue weighted by Crippen LogP contribution is -2.28. The Morgan fingerprint density at radius 3 is 2.35 bits per heavy atom. The monoisotopic (exact) mass is 344 g/mol. The molecule has 2 N–H and O–H groups in total. The molecule has 26 heavy (non-hydrogen) atoms. The molecule has 0 saturated carbocycles. The standard InChI is InChI=1S/C20H16N4O2/c21-12-15-3-7-18(8-4-15)26-19-9-5-17(6-10-19)24-20(25)23-14-16-2-1-11-22-13-16/h1-11,13H,14H2,(H2,23,24,25). The van der Waals surface area contributed by atoms with Gasteiger partial charge in [-0.3, -0.25) is 4.98 Å². The molecule has 2 amide bonds. The predicted octanol–water partition coefficient (Wildman–Crippen LogP) is 4.07. The van der Waals surface area contributed by atoms with E-state index in [4.69, 9.17) is 10.00 Å².